The van der Waals surface area contributed by atoms with Crippen molar-refractivity contribution in [3.8, 4) is 5.75 Å². The van der Waals surface area contributed by atoms with Gasteiger partial charge in [-0.2, -0.15) is 0 Å². The van der Waals surface area contributed by atoms with Crippen LogP contribution in [0.3, 0.4) is 0 Å². The molecule has 0 spiro atoms. The van der Waals surface area contributed by atoms with E-state index in [1.165, 1.54) is 32.4 Å². The lowest BCUT2D eigenvalue weighted by Crippen LogP contribution is -2.48. The number of rotatable bonds is 7. The van der Waals surface area contributed by atoms with E-state index in [0.717, 1.165) is 32.1 Å². The van der Waals surface area contributed by atoms with E-state index >= 15 is 0 Å². The highest BCUT2D eigenvalue weighted by Crippen LogP contribution is 2.29. The third-order valence-electron chi connectivity index (χ3n) is 5.03. The van der Waals surface area contributed by atoms with Crippen LogP contribution in [0.25, 0.3) is 0 Å². The Hall–Kier alpha value is -2.68. The molecule has 0 aliphatic heterocycles. The van der Waals surface area contributed by atoms with E-state index in [9.17, 15) is 19.7 Å². The van der Waals surface area contributed by atoms with E-state index in [2.05, 4.69) is 10.6 Å². The minimum absolute atomic E-state index is 0.147. The number of esters is 1. The molecule has 3 atom stereocenters. The van der Waals surface area contributed by atoms with Gasteiger partial charge < -0.3 is 20.1 Å². The van der Waals surface area contributed by atoms with Crippen molar-refractivity contribution in [3.63, 3.8) is 0 Å². The van der Waals surface area contributed by atoms with Gasteiger partial charge >= 0.3 is 5.97 Å². The molecule has 1 saturated carbocycles. The van der Waals surface area contributed by atoms with Crippen LogP contribution in [0.1, 0.15) is 39.0 Å². The van der Waals surface area contributed by atoms with Crippen LogP contribution < -0.4 is 15.4 Å². The molecule has 0 aromatic heterocycles. The van der Waals surface area contributed by atoms with Crippen molar-refractivity contribution < 1.29 is 24.0 Å². The summed E-state index contributed by atoms with van der Waals surface area (Å²) in [5.41, 5.74) is 0.0759. The number of methoxy groups -OCH3 is 2. The summed E-state index contributed by atoms with van der Waals surface area (Å²) in [6.07, 6.45) is 4.45. The van der Waals surface area contributed by atoms with Crippen molar-refractivity contribution in [2.45, 2.75) is 51.1 Å². The van der Waals surface area contributed by atoms with Gasteiger partial charge in [0.25, 0.3) is 5.69 Å². The Morgan fingerprint density at radius 1 is 1.21 bits per heavy atom. The number of carbonyl (C=O) groups excluding carboxylic acids is 2. The lowest BCUT2D eigenvalue weighted by atomic mass is 9.94. The zero-order chi connectivity index (χ0) is 20.7. The van der Waals surface area contributed by atoms with Gasteiger partial charge in [0.1, 0.15) is 5.75 Å². The van der Waals surface area contributed by atoms with E-state index < -0.39 is 11.0 Å². The third kappa shape index (κ3) is 5.41. The minimum Gasteiger partial charge on any atom is -0.495 e. The number of hydrogen-bond donors (Lipinski definition) is 2. The molecule has 0 heterocycles. The maximum atomic E-state index is 12.7. The summed E-state index contributed by atoms with van der Waals surface area (Å²) < 4.78 is 10.1. The standard InChI is InChI=1S/C19H27N3O6/c1-12(20-15-8-6-4-5-7-14(15)19(24)28-3)18(23)21-16-11-13(22(25)26)9-10-17(16)27-2/h9-12,14-15,20H,4-8H2,1-3H3,(H,21,23)/t12-,14+,15+/m0/s1. The van der Waals surface area contributed by atoms with Crippen molar-refractivity contribution in [1.82, 2.24) is 5.32 Å². The highest BCUT2D eigenvalue weighted by Gasteiger charge is 2.32. The van der Waals surface area contributed by atoms with Crippen LogP contribution in [0.5, 0.6) is 5.75 Å². The number of nitro benzene ring substituents is 1. The fraction of sp³-hybridized carbons (Fsp3) is 0.579. The van der Waals surface area contributed by atoms with Crippen LogP contribution in [-0.2, 0) is 14.3 Å². The summed E-state index contributed by atoms with van der Waals surface area (Å²) in [5.74, 6) is -0.609. The molecule has 0 unspecified atom stereocenters. The number of nitrogens with zero attached hydrogens (tertiary/aromatic N) is 1. The second-order valence-corrected chi connectivity index (χ2v) is 6.89. The van der Waals surface area contributed by atoms with Crippen LogP contribution in [0.4, 0.5) is 11.4 Å². The zero-order valence-corrected chi connectivity index (χ0v) is 16.4. The fourth-order valence-corrected chi connectivity index (χ4v) is 3.49. The van der Waals surface area contributed by atoms with Crippen molar-refractivity contribution in [3.05, 3.63) is 28.3 Å². The number of ether oxygens (including phenoxy) is 2. The molecule has 2 N–H and O–H groups in total. The number of anilines is 1. The van der Waals surface area contributed by atoms with Crippen LogP contribution >= 0.6 is 0 Å². The maximum absolute atomic E-state index is 12.7. The lowest BCUT2D eigenvalue weighted by Gasteiger charge is -2.27. The number of nitrogens with one attached hydrogen (secondary N) is 2. The minimum atomic E-state index is -0.612. The van der Waals surface area contributed by atoms with Gasteiger partial charge in [-0.05, 0) is 25.8 Å². The van der Waals surface area contributed by atoms with E-state index in [-0.39, 0.29) is 35.2 Å². The van der Waals surface area contributed by atoms with Crippen LogP contribution in [0, 0.1) is 16.0 Å². The molecule has 1 fully saturated rings. The summed E-state index contributed by atoms with van der Waals surface area (Å²) in [4.78, 5) is 35.2. The summed E-state index contributed by atoms with van der Waals surface area (Å²) in [7, 11) is 2.79. The molecule has 0 saturated heterocycles. The Labute approximate surface area is 163 Å². The maximum Gasteiger partial charge on any atom is 0.310 e. The van der Waals surface area contributed by atoms with Crippen LogP contribution in [0.2, 0.25) is 0 Å². The first-order valence-corrected chi connectivity index (χ1v) is 9.34. The first kappa shape index (κ1) is 21.6. The Balaban J connectivity index is 2.10. The van der Waals surface area contributed by atoms with Crippen LogP contribution in [-0.4, -0.2) is 43.1 Å². The molecule has 1 aromatic rings. The molecule has 2 rings (SSSR count). The van der Waals surface area contributed by atoms with Gasteiger partial charge in [0.05, 0.1) is 36.8 Å². The number of carbonyl (C=O) groups is 2. The van der Waals surface area contributed by atoms with Crippen molar-refractivity contribution in [1.29, 1.82) is 0 Å². The highest BCUT2D eigenvalue weighted by molar-refractivity contribution is 5.96. The molecule has 1 aliphatic carbocycles. The molecule has 0 bridgehead atoms. The van der Waals surface area contributed by atoms with E-state index in [4.69, 9.17) is 9.47 Å². The molecule has 9 nitrogen and oxygen atoms in total. The lowest BCUT2D eigenvalue weighted by molar-refractivity contribution is -0.384. The molecule has 0 radical (unpaired) electrons. The molecule has 9 heteroatoms. The molecule has 28 heavy (non-hydrogen) atoms. The number of hydrogen-bond acceptors (Lipinski definition) is 7. The SMILES string of the molecule is COC(=O)[C@@H]1CCCCC[C@H]1N[C@@H](C)C(=O)Nc1cc([N+](=O)[O-])ccc1OC. The Morgan fingerprint density at radius 3 is 2.57 bits per heavy atom. The van der Waals surface area contributed by atoms with E-state index in [1.54, 1.807) is 6.92 Å². The first-order chi connectivity index (χ1) is 13.4. The average molecular weight is 393 g/mol. The van der Waals surface area contributed by atoms with Gasteiger partial charge in [-0.25, -0.2) is 0 Å². The van der Waals surface area contributed by atoms with Gasteiger partial charge in [0.15, 0.2) is 0 Å². The number of benzene rings is 1. The Bertz CT molecular complexity index is 724. The quantitative estimate of drug-likeness (QED) is 0.316. The molecule has 1 aromatic carbocycles. The van der Waals surface area contributed by atoms with Gasteiger partial charge in [-0.3, -0.25) is 19.7 Å². The smallest absolute Gasteiger partial charge is 0.310 e. The summed E-state index contributed by atoms with van der Waals surface area (Å²) >= 11 is 0. The molecular formula is C19H27N3O6. The molecule has 1 aliphatic rings. The second-order valence-electron chi connectivity index (χ2n) is 6.89. The van der Waals surface area contributed by atoms with Crippen molar-refractivity contribution >= 4 is 23.3 Å². The predicted molar refractivity (Wildman–Crippen MR) is 103 cm³/mol. The second kappa shape index (κ2) is 10.0. The fourth-order valence-electron chi connectivity index (χ4n) is 3.49. The van der Waals surface area contributed by atoms with Crippen LogP contribution in [0.15, 0.2) is 18.2 Å². The van der Waals surface area contributed by atoms with Crippen molar-refractivity contribution in [2.75, 3.05) is 19.5 Å². The third-order valence-corrected chi connectivity index (χ3v) is 5.03. The monoisotopic (exact) mass is 393 g/mol. The first-order valence-electron chi connectivity index (χ1n) is 9.34. The van der Waals surface area contributed by atoms with Gasteiger partial charge in [0.2, 0.25) is 5.91 Å². The predicted octanol–water partition coefficient (Wildman–Crippen LogP) is 2.64. The Kier molecular flexibility index (Phi) is 7.74. The number of non-ortho nitro benzene ring substituents is 1. The number of nitro groups is 1. The van der Waals surface area contributed by atoms with E-state index in [0.29, 0.717) is 5.75 Å². The van der Waals surface area contributed by atoms with Gasteiger partial charge in [-0.1, -0.05) is 19.3 Å². The summed E-state index contributed by atoms with van der Waals surface area (Å²) in [6, 6.07) is 3.22. The normalized spacial score (nSPS) is 20.5. The zero-order valence-electron chi connectivity index (χ0n) is 16.4. The van der Waals surface area contributed by atoms with E-state index in [1.807, 2.05) is 0 Å². The molecule has 1 amide bonds. The summed E-state index contributed by atoms with van der Waals surface area (Å²) in [5, 5.41) is 16.9. The summed E-state index contributed by atoms with van der Waals surface area (Å²) in [6.45, 7) is 1.69. The van der Waals surface area contributed by atoms with Gasteiger partial charge in [-0.15, -0.1) is 0 Å². The number of amides is 1. The molecular weight excluding hydrogens is 366 g/mol. The topological polar surface area (TPSA) is 120 Å². The highest BCUT2D eigenvalue weighted by atomic mass is 16.6. The largest absolute Gasteiger partial charge is 0.495 e. The van der Waals surface area contributed by atoms with Crippen molar-refractivity contribution in [2.24, 2.45) is 5.92 Å². The Morgan fingerprint density at radius 2 is 1.93 bits per heavy atom. The molecule has 154 valence electrons. The van der Waals surface area contributed by atoms with Gasteiger partial charge in [0, 0.05) is 18.2 Å². The average Bonchev–Trinajstić information content (AvgIpc) is 2.92.